The third-order valence-electron chi connectivity index (χ3n) is 2.41. The molecule has 0 aromatic carbocycles. The molecule has 4 nitrogen and oxygen atoms in total. The predicted octanol–water partition coefficient (Wildman–Crippen LogP) is 0.681. The monoisotopic (exact) mass is 197 g/mol. The van der Waals surface area contributed by atoms with Crippen molar-refractivity contribution in [1.29, 1.82) is 0 Å². The van der Waals surface area contributed by atoms with Crippen LogP contribution < -0.4 is 10.5 Å². The van der Waals surface area contributed by atoms with E-state index < -0.39 is 11.4 Å². The van der Waals surface area contributed by atoms with Gasteiger partial charge in [0.15, 0.2) is 0 Å². The van der Waals surface area contributed by atoms with Gasteiger partial charge in [0.25, 0.3) is 5.56 Å². The summed E-state index contributed by atoms with van der Waals surface area (Å²) in [6.07, 6.45) is 1.54. The molecule has 5 heteroatoms. The van der Waals surface area contributed by atoms with Gasteiger partial charge in [0, 0.05) is 13.1 Å². The molecular formula is C9H12FN3O. The lowest BCUT2D eigenvalue weighted by Gasteiger charge is -2.31. The summed E-state index contributed by atoms with van der Waals surface area (Å²) >= 11 is 0. The van der Waals surface area contributed by atoms with Gasteiger partial charge in [-0.15, -0.1) is 0 Å². The Kier molecular flexibility index (Phi) is 2.23. The minimum Gasteiger partial charge on any atom is -0.342 e. The number of hydrogen-bond acceptors (Lipinski definition) is 3. The Bertz CT molecular complexity index is 398. The molecule has 0 amide bonds. The number of aryl methyl sites for hydroxylation is 1. The standard InChI is InChI=1S/C9H12FN3O/c1-2-6-7(10)8(14)12-9(11-6)13-4-3-5-13/h2-5H2,1H3,(H,11,12,14). The highest BCUT2D eigenvalue weighted by atomic mass is 19.1. The van der Waals surface area contributed by atoms with Gasteiger partial charge in [-0.25, -0.2) is 4.98 Å². The van der Waals surface area contributed by atoms with E-state index in [9.17, 15) is 9.18 Å². The second-order valence-corrected chi connectivity index (χ2v) is 3.34. The summed E-state index contributed by atoms with van der Waals surface area (Å²) in [7, 11) is 0. The van der Waals surface area contributed by atoms with Crippen molar-refractivity contribution in [2.24, 2.45) is 0 Å². The van der Waals surface area contributed by atoms with Gasteiger partial charge in [0.05, 0.1) is 5.69 Å². The van der Waals surface area contributed by atoms with E-state index in [-0.39, 0.29) is 5.69 Å². The molecule has 1 saturated heterocycles. The van der Waals surface area contributed by atoms with Crippen LogP contribution >= 0.6 is 0 Å². The van der Waals surface area contributed by atoms with Crippen molar-refractivity contribution in [3.8, 4) is 0 Å². The maximum Gasteiger partial charge on any atom is 0.288 e. The molecule has 0 spiro atoms. The molecule has 2 heterocycles. The fraction of sp³-hybridized carbons (Fsp3) is 0.556. The molecule has 1 N–H and O–H groups in total. The number of nitrogens with zero attached hydrogens (tertiary/aromatic N) is 2. The number of nitrogens with one attached hydrogen (secondary N) is 1. The first kappa shape index (κ1) is 9.18. The Labute approximate surface area is 80.8 Å². The fourth-order valence-electron chi connectivity index (χ4n) is 1.40. The van der Waals surface area contributed by atoms with Crippen LogP contribution in [-0.4, -0.2) is 23.1 Å². The van der Waals surface area contributed by atoms with Crippen LogP contribution in [-0.2, 0) is 6.42 Å². The van der Waals surface area contributed by atoms with Gasteiger partial charge in [-0.05, 0) is 12.8 Å². The average molecular weight is 197 g/mol. The highest BCUT2D eigenvalue weighted by Crippen LogP contribution is 2.14. The topological polar surface area (TPSA) is 49.0 Å². The molecule has 0 bridgehead atoms. The molecule has 0 unspecified atom stereocenters. The molecular weight excluding hydrogens is 185 g/mol. The number of aromatic amines is 1. The first-order chi connectivity index (χ1) is 6.72. The van der Waals surface area contributed by atoms with Crippen LogP contribution in [0.3, 0.4) is 0 Å². The molecule has 1 aromatic heterocycles. The van der Waals surface area contributed by atoms with Crippen LogP contribution in [0.5, 0.6) is 0 Å². The Morgan fingerprint density at radius 2 is 2.29 bits per heavy atom. The molecule has 2 rings (SSSR count). The van der Waals surface area contributed by atoms with Crippen molar-refractivity contribution in [2.45, 2.75) is 19.8 Å². The van der Waals surface area contributed by atoms with Crippen LogP contribution in [0.4, 0.5) is 10.3 Å². The Morgan fingerprint density at radius 1 is 1.57 bits per heavy atom. The van der Waals surface area contributed by atoms with Gasteiger partial charge in [-0.1, -0.05) is 6.92 Å². The van der Waals surface area contributed by atoms with Gasteiger partial charge in [0.2, 0.25) is 11.8 Å². The Morgan fingerprint density at radius 3 is 2.79 bits per heavy atom. The van der Waals surface area contributed by atoms with E-state index in [2.05, 4.69) is 9.97 Å². The Hall–Kier alpha value is -1.39. The van der Waals surface area contributed by atoms with Crippen LogP contribution in [0.2, 0.25) is 0 Å². The lowest BCUT2D eigenvalue weighted by Crippen LogP contribution is -2.39. The molecule has 0 atom stereocenters. The van der Waals surface area contributed by atoms with Crippen LogP contribution in [0.1, 0.15) is 19.0 Å². The van der Waals surface area contributed by atoms with Crippen molar-refractivity contribution in [3.63, 3.8) is 0 Å². The van der Waals surface area contributed by atoms with E-state index in [1.165, 1.54) is 0 Å². The zero-order valence-corrected chi connectivity index (χ0v) is 8.01. The van der Waals surface area contributed by atoms with Crippen LogP contribution in [0.25, 0.3) is 0 Å². The molecule has 1 fully saturated rings. The second-order valence-electron chi connectivity index (χ2n) is 3.34. The first-order valence-corrected chi connectivity index (χ1v) is 4.76. The summed E-state index contributed by atoms with van der Waals surface area (Å²) in [5.74, 6) is -0.253. The maximum absolute atomic E-state index is 13.1. The van der Waals surface area contributed by atoms with Crippen molar-refractivity contribution >= 4 is 5.95 Å². The van der Waals surface area contributed by atoms with E-state index >= 15 is 0 Å². The number of H-pyrrole nitrogens is 1. The zero-order chi connectivity index (χ0) is 10.1. The number of rotatable bonds is 2. The molecule has 76 valence electrons. The largest absolute Gasteiger partial charge is 0.342 e. The lowest BCUT2D eigenvalue weighted by atomic mass is 10.2. The Balaban J connectivity index is 2.42. The van der Waals surface area contributed by atoms with Crippen molar-refractivity contribution < 1.29 is 4.39 Å². The average Bonchev–Trinajstić information content (AvgIpc) is 2.08. The van der Waals surface area contributed by atoms with E-state index in [1.54, 1.807) is 6.92 Å². The van der Waals surface area contributed by atoms with E-state index in [4.69, 9.17) is 0 Å². The number of halogens is 1. The molecule has 0 saturated carbocycles. The molecule has 1 aliphatic heterocycles. The number of anilines is 1. The van der Waals surface area contributed by atoms with Gasteiger partial charge in [0.1, 0.15) is 0 Å². The lowest BCUT2D eigenvalue weighted by molar-refractivity contribution is 0.560. The summed E-state index contributed by atoms with van der Waals surface area (Å²) in [5, 5.41) is 0. The van der Waals surface area contributed by atoms with Gasteiger partial charge < -0.3 is 4.90 Å². The van der Waals surface area contributed by atoms with Crippen LogP contribution in [0, 0.1) is 5.82 Å². The number of hydrogen-bond donors (Lipinski definition) is 1. The van der Waals surface area contributed by atoms with Gasteiger partial charge in [-0.2, -0.15) is 4.39 Å². The third kappa shape index (κ3) is 1.38. The van der Waals surface area contributed by atoms with Crippen LogP contribution in [0.15, 0.2) is 4.79 Å². The minimum atomic E-state index is -0.753. The van der Waals surface area contributed by atoms with Crippen molar-refractivity contribution in [3.05, 3.63) is 21.9 Å². The summed E-state index contributed by atoms with van der Waals surface area (Å²) < 4.78 is 13.1. The zero-order valence-electron chi connectivity index (χ0n) is 8.01. The second kappa shape index (κ2) is 3.40. The van der Waals surface area contributed by atoms with E-state index in [1.807, 2.05) is 4.90 Å². The van der Waals surface area contributed by atoms with Gasteiger partial charge >= 0.3 is 0 Å². The molecule has 0 radical (unpaired) electrons. The quantitative estimate of drug-likeness (QED) is 0.758. The first-order valence-electron chi connectivity index (χ1n) is 4.76. The van der Waals surface area contributed by atoms with E-state index in [0.717, 1.165) is 19.5 Å². The van der Waals surface area contributed by atoms with Gasteiger partial charge in [-0.3, -0.25) is 9.78 Å². The van der Waals surface area contributed by atoms with E-state index in [0.29, 0.717) is 12.4 Å². The molecule has 0 aliphatic carbocycles. The summed E-state index contributed by atoms with van der Waals surface area (Å²) in [5.41, 5.74) is -0.422. The summed E-state index contributed by atoms with van der Waals surface area (Å²) in [6.45, 7) is 3.56. The summed E-state index contributed by atoms with van der Waals surface area (Å²) in [4.78, 5) is 19.6. The summed E-state index contributed by atoms with van der Waals surface area (Å²) in [6, 6.07) is 0. The van der Waals surface area contributed by atoms with Crippen molar-refractivity contribution in [2.75, 3.05) is 18.0 Å². The number of aromatic nitrogens is 2. The highest BCUT2D eigenvalue weighted by Gasteiger charge is 2.19. The van der Waals surface area contributed by atoms with Crippen molar-refractivity contribution in [1.82, 2.24) is 9.97 Å². The minimum absolute atomic E-state index is 0.246. The SMILES string of the molecule is CCc1nc(N2CCC2)[nH]c(=O)c1F. The molecule has 1 aliphatic rings. The smallest absolute Gasteiger partial charge is 0.288 e. The highest BCUT2D eigenvalue weighted by molar-refractivity contribution is 5.33. The predicted molar refractivity (Wildman–Crippen MR) is 51.0 cm³/mol. The normalized spacial score (nSPS) is 15.4. The maximum atomic E-state index is 13.1. The molecule has 1 aromatic rings. The fourth-order valence-corrected chi connectivity index (χ4v) is 1.40. The molecule has 14 heavy (non-hydrogen) atoms. The third-order valence-corrected chi connectivity index (χ3v) is 2.41.